The fourth-order valence-electron chi connectivity index (χ4n) is 4.10. The molecule has 1 aromatic carbocycles. The molecule has 39 heavy (non-hydrogen) atoms. The van der Waals surface area contributed by atoms with E-state index in [4.69, 9.17) is 20.7 Å². The minimum absolute atomic E-state index is 0.197. The second-order valence-electron chi connectivity index (χ2n) is 8.93. The van der Waals surface area contributed by atoms with Crippen molar-refractivity contribution in [1.29, 1.82) is 0 Å². The zero-order valence-electron chi connectivity index (χ0n) is 21.3. The predicted molar refractivity (Wildman–Crippen MR) is 135 cm³/mol. The quantitative estimate of drug-likeness (QED) is 0.295. The normalized spacial score (nSPS) is 15.8. The summed E-state index contributed by atoms with van der Waals surface area (Å²) in [5, 5.41) is 23.7. The first-order valence-corrected chi connectivity index (χ1v) is 12.3. The Morgan fingerprint density at radius 2 is 1.90 bits per heavy atom. The van der Waals surface area contributed by atoms with Gasteiger partial charge in [0.05, 0.1) is 12.6 Å². The molecule has 3 rings (SSSR count). The Bertz CT molecular complexity index is 1180. The molecule has 2 heterocycles. The second kappa shape index (κ2) is 14.3. The molecule has 1 aliphatic rings. The van der Waals surface area contributed by atoms with Crippen molar-refractivity contribution < 1.29 is 42.6 Å². The van der Waals surface area contributed by atoms with Gasteiger partial charge in [0, 0.05) is 24.7 Å². The highest BCUT2D eigenvalue weighted by molar-refractivity contribution is 5.92. The molecule has 0 unspecified atom stereocenters. The van der Waals surface area contributed by atoms with Crippen LogP contribution in [-0.4, -0.2) is 75.2 Å². The van der Waals surface area contributed by atoms with E-state index in [1.165, 1.54) is 0 Å². The standard InChI is InChI=1S/C23H31N5O4.C2HF3O2/c1-2-3-5-18(26-14-20(29)30)23(32)28-11-4-6-19(28)22(31)27-13-15-7-8-17-16(12-15)9-10-25-21(17)24;3-2(4,5)1(6)7/h7-10,12,18-19,26H,2-6,11,13-14H2,1H3,(H2,24,25)(H,27,31)(H,29,30);(H,6,7)/t18-,19+;/m1./s1. The molecule has 0 bridgehead atoms. The van der Waals surface area contributed by atoms with Gasteiger partial charge in [0.1, 0.15) is 11.9 Å². The fourth-order valence-corrected chi connectivity index (χ4v) is 4.10. The zero-order valence-corrected chi connectivity index (χ0v) is 21.3. The highest BCUT2D eigenvalue weighted by Crippen LogP contribution is 2.22. The maximum absolute atomic E-state index is 13.1. The van der Waals surface area contributed by atoms with E-state index in [1.54, 1.807) is 11.1 Å². The van der Waals surface area contributed by atoms with Gasteiger partial charge in [-0.05, 0) is 42.3 Å². The number of anilines is 1. The first kappa shape index (κ1) is 31.3. The Morgan fingerprint density at radius 1 is 1.21 bits per heavy atom. The number of halogens is 3. The van der Waals surface area contributed by atoms with Crippen molar-refractivity contribution in [3.63, 3.8) is 0 Å². The van der Waals surface area contributed by atoms with Gasteiger partial charge in [-0.25, -0.2) is 9.78 Å². The van der Waals surface area contributed by atoms with Crippen LogP contribution in [0.15, 0.2) is 30.5 Å². The number of hydrogen-bond acceptors (Lipinski definition) is 7. The molecule has 11 nitrogen and oxygen atoms in total. The number of pyridine rings is 1. The van der Waals surface area contributed by atoms with Crippen LogP contribution in [0, 0.1) is 0 Å². The van der Waals surface area contributed by atoms with Crippen LogP contribution in [0.1, 0.15) is 44.6 Å². The number of alkyl halides is 3. The molecule has 6 N–H and O–H groups in total. The maximum Gasteiger partial charge on any atom is 0.490 e. The van der Waals surface area contributed by atoms with Gasteiger partial charge in [0.15, 0.2) is 0 Å². The van der Waals surface area contributed by atoms with Crippen molar-refractivity contribution in [2.75, 3.05) is 18.8 Å². The van der Waals surface area contributed by atoms with Crippen LogP contribution in [0.2, 0.25) is 0 Å². The number of fused-ring (bicyclic) bond motifs is 1. The molecular formula is C25H32F3N5O6. The number of benzene rings is 1. The Labute approximate surface area is 222 Å². The molecule has 214 valence electrons. The third-order valence-corrected chi connectivity index (χ3v) is 6.05. The van der Waals surface area contributed by atoms with E-state index in [1.807, 2.05) is 31.2 Å². The molecule has 1 aliphatic heterocycles. The largest absolute Gasteiger partial charge is 0.490 e. The minimum atomic E-state index is -5.08. The zero-order chi connectivity index (χ0) is 29.2. The summed E-state index contributed by atoms with van der Waals surface area (Å²) < 4.78 is 31.7. The van der Waals surface area contributed by atoms with E-state index < -0.39 is 30.2 Å². The van der Waals surface area contributed by atoms with Gasteiger partial charge in [-0.15, -0.1) is 0 Å². The Morgan fingerprint density at radius 3 is 2.51 bits per heavy atom. The molecular weight excluding hydrogens is 523 g/mol. The van der Waals surface area contributed by atoms with E-state index in [2.05, 4.69) is 15.6 Å². The van der Waals surface area contributed by atoms with Crippen molar-refractivity contribution in [1.82, 2.24) is 20.5 Å². The lowest BCUT2D eigenvalue weighted by Crippen LogP contribution is -2.53. The summed E-state index contributed by atoms with van der Waals surface area (Å²) in [6.07, 6.45) is 0.145. The number of nitrogens with one attached hydrogen (secondary N) is 2. The van der Waals surface area contributed by atoms with Crippen molar-refractivity contribution in [2.24, 2.45) is 0 Å². The Balaban J connectivity index is 0.000000673. The number of amides is 2. The first-order chi connectivity index (χ1) is 18.3. The molecule has 0 spiro atoms. The number of carboxylic acid groups (broad SMARTS) is 2. The third-order valence-electron chi connectivity index (χ3n) is 6.05. The molecule has 1 fully saturated rings. The maximum atomic E-state index is 13.1. The molecule has 2 atom stereocenters. The van der Waals surface area contributed by atoms with Crippen LogP contribution in [-0.2, 0) is 25.7 Å². The van der Waals surface area contributed by atoms with E-state index in [0.717, 1.165) is 35.6 Å². The summed E-state index contributed by atoms with van der Waals surface area (Å²) in [5.74, 6) is -3.70. The average Bonchev–Trinajstić information content (AvgIpc) is 3.37. The highest BCUT2D eigenvalue weighted by atomic mass is 19.4. The number of aliphatic carboxylic acids is 2. The SMILES string of the molecule is CCCC[C@@H](NCC(=O)O)C(=O)N1CCC[C@H]1C(=O)NCc1ccc2c(N)nccc2c1.O=C(O)C(F)(F)F. The minimum Gasteiger partial charge on any atom is -0.480 e. The summed E-state index contributed by atoms with van der Waals surface area (Å²) >= 11 is 0. The van der Waals surface area contributed by atoms with Gasteiger partial charge < -0.3 is 26.2 Å². The molecule has 2 aromatic rings. The van der Waals surface area contributed by atoms with E-state index >= 15 is 0 Å². The van der Waals surface area contributed by atoms with Crippen LogP contribution >= 0.6 is 0 Å². The number of nitrogens with zero attached hydrogens (tertiary/aromatic N) is 2. The van der Waals surface area contributed by atoms with Crippen LogP contribution in [0.5, 0.6) is 0 Å². The molecule has 0 saturated carbocycles. The van der Waals surface area contributed by atoms with E-state index in [0.29, 0.717) is 31.7 Å². The summed E-state index contributed by atoms with van der Waals surface area (Å²) in [5.41, 5.74) is 6.82. The number of aromatic nitrogens is 1. The molecule has 0 radical (unpaired) electrons. The summed E-state index contributed by atoms with van der Waals surface area (Å²) in [6, 6.07) is 6.47. The molecule has 0 aliphatic carbocycles. The summed E-state index contributed by atoms with van der Waals surface area (Å²) in [7, 11) is 0. The lowest BCUT2D eigenvalue weighted by Gasteiger charge is -2.28. The molecule has 14 heteroatoms. The summed E-state index contributed by atoms with van der Waals surface area (Å²) in [4.78, 5) is 51.5. The Hall–Kier alpha value is -3.94. The second-order valence-corrected chi connectivity index (χ2v) is 8.93. The molecule has 1 saturated heterocycles. The topological polar surface area (TPSA) is 175 Å². The first-order valence-electron chi connectivity index (χ1n) is 12.3. The monoisotopic (exact) mass is 555 g/mol. The van der Waals surface area contributed by atoms with Gasteiger partial charge in [0.25, 0.3) is 0 Å². The number of hydrogen-bond donors (Lipinski definition) is 5. The van der Waals surface area contributed by atoms with Gasteiger partial charge in [-0.2, -0.15) is 13.2 Å². The fraction of sp³-hybridized carbons (Fsp3) is 0.480. The number of nitrogens with two attached hydrogens (primary N) is 1. The van der Waals surface area contributed by atoms with Crippen LogP contribution in [0.4, 0.5) is 19.0 Å². The smallest absolute Gasteiger partial charge is 0.480 e. The number of rotatable bonds is 10. The van der Waals surface area contributed by atoms with Crippen molar-refractivity contribution in [3.05, 3.63) is 36.0 Å². The van der Waals surface area contributed by atoms with Crippen LogP contribution in [0.3, 0.4) is 0 Å². The predicted octanol–water partition coefficient (Wildman–Crippen LogP) is 2.29. The lowest BCUT2D eigenvalue weighted by atomic mass is 10.1. The van der Waals surface area contributed by atoms with Gasteiger partial charge in [-0.3, -0.25) is 19.7 Å². The van der Waals surface area contributed by atoms with Gasteiger partial charge in [-0.1, -0.05) is 31.9 Å². The Kier molecular flexibility index (Phi) is 11.5. The number of likely N-dealkylation sites (tertiary alicyclic amines) is 1. The molecule has 1 aromatic heterocycles. The van der Waals surface area contributed by atoms with Crippen molar-refractivity contribution in [3.8, 4) is 0 Å². The number of carboxylic acids is 2. The average molecular weight is 556 g/mol. The number of unbranched alkanes of at least 4 members (excludes halogenated alkanes) is 1. The van der Waals surface area contributed by atoms with Gasteiger partial charge >= 0.3 is 18.1 Å². The third kappa shape index (κ3) is 9.39. The lowest BCUT2D eigenvalue weighted by molar-refractivity contribution is -0.192. The summed E-state index contributed by atoms with van der Waals surface area (Å²) in [6.45, 7) is 2.57. The van der Waals surface area contributed by atoms with Crippen molar-refractivity contribution in [2.45, 2.75) is 63.8 Å². The van der Waals surface area contributed by atoms with Crippen LogP contribution in [0.25, 0.3) is 10.8 Å². The van der Waals surface area contributed by atoms with E-state index in [9.17, 15) is 27.6 Å². The number of nitrogen functional groups attached to an aromatic ring is 1. The van der Waals surface area contributed by atoms with E-state index in [-0.39, 0.29) is 18.4 Å². The highest BCUT2D eigenvalue weighted by Gasteiger charge is 2.38. The van der Waals surface area contributed by atoms with Crippen LogP contribution < -0.4 is 16.4 Å². The molecule has 2 amide bonds. The van der Waals surface area contributed by atoms with Crippen molar-refractivity contribution >= 4 is 40.3 Å². The van der Waals surface area contributed by atoms with Gasteiger partial charge in [0.2, 0.25) is 11.8 Å². The number of carbonyl (C=O) groups is 4. The number of carbonyl (C=O) groups excluding carboxylic acids is 2.